The largest absolute Gasteiger partial charge is 0.502 e. The Morgan fingerprint density at radius 2 is 1.93 bits per heavy atom. The summed E-state index contributed by atoms with van der Waals surface area (Å²) in [6.07, 6.45) is 1.19. The minimum atomic E-state index is -4.69. The maximum absolute atomic E-state index is 15.9. The van der Waals surface area contributed by atoms with Crippen molar-refractivity contribution < 1.29 is 36.6 Å². The summed E-state index contributed by atoms with van der Waals surface area (Å²) in [6, 6.07) is 0.981. The Balaban J connectivity index is 1.58. The van der Waals surface area contributed by atoms with Crippen LogP contribution in [0.15, 0.2) is 70.5 Å². The molecule has 4 heterocycles. The molecule has 1 saturated heterocycles. The topological polar surface area (TPSA) is 75.0 Å². The standard InChI is InChI=1S/C28H20F5N3O4S/c29-17-6-5-15-21(22(17)30)16-11-19(28(31,32)33)41-26(16)14-4-2-1-3-13(14)23(15)36-20-12-40-10-9-34(20)27(39)24-25(38)18(37)7-8-35(24)36/h1-3,5-8,11,20,22-23,38H,4,9-10,12H2. The number of fused-ring (bicyclic) bond motifs is 5. The fourth-order valence-corrected chi connectivity index (χ4v) is 7.27. The summed E-state index contributed by atoms with van der Waals surface area (Å²) in [4.78, 5) is 26.4. The van der Waals surface area contributed by atoms with Gasteiger partial charge in [0.2, 0.25) is 5.43 Å². The van der Waals surface area contributed by atoms with Gasteiger partial charge in [0.1, 0.15) is 16.9 Å². The third-order valence-corrected chi connectivity index (χ3v) is 9.15. The molecular weight excluding hydrogens is 569 g/mol. The second-order valence-electron chi connectivity index (χ2n) is 10.1. The Kier molecular flexibility index (Phi) is 5.71. The Morgan fingerprint density at radius 1 is 1.12 bits per heavy atom. The SMILES string of the molecule is O=C1c2c(O)c(=O)ccn2N(C2C3=CC=C(F)C(F)C3=c3cc(C(F)(F)F)sc3=C3CC=CC=C32)C2COCCN12. The van der Waals surface area contributed by atoms with Crippen molar-refractivity contribution in [1.82, 2.24) is 9.58 Å². The number of rotatable bonds is 1. The van der Waals surface area contributed by atoms with Crippen molar-refractivity contribution in [2.24, 2.45) is 0 Å². The van der Waals surface area contributed by atoms with Gasteiger partial charge in [-0.15, -0.1) is 11.3 Å². The first-order valence-corrected chi connectivity index (χ1v) is 13.5. The van der Waals surface area contributed by atoms with Crippen molar-refractivity contribution >= 4 is 28.4 Å². The molecule has 5 aliphatic rings. The molecule has 1 fully saturated rings. The van der Waals surface area contributed by atoms with E-state index < -0.39 is 52.3 Å². The van der Waals surface area contributed by atoms with E-state index in [9.17, 15) is 32.3 Å². The highest BCUT2D eigenvalue weighted by Crippen LogP contribution is 2.43. The van der Waals surface area contributed by atoms with Crippen molar-refractivity contribution in [2.45, 2.75) is 31.0 Å². The van der Waals surface area contributed by atoms with Crippen molar-refractivity contribution in [2.75, 3.05) is 24.8 Å². The lowest BCUT2D eigenvalue weighted by Crippen LogP contribution is -2.68. The molecule has 7 rings (SSSR count). The van der Waals surface area contributed by atoms with Crippen molar-refractivity contribution in [1.29, 1.82) is 0 Å². The quantitative estimate of drug-likeness (QED) is 0.519. The Hall–Kier alpha value is -3.97. The van der Waals surface area contributed by atoms with Crippen LogP contribution >= 0.6 is 11.3 Å². The number of allylic oxidation sites excluding steroid dienone is 6. The summed E-state index contributed by atoms with van der Waals surface area (Å²) in [7, 11) is 0. The number of amides is 1. The number of alkyl halides is 4. The molecule has 3 atom stereocenters. The van der Waals surface area contributed by atoms with Gasteiger partial charge in [0.05, 0.1) is 19.3 Å². The molecule has 0 spiro atoms. The van der Waals surface area contributed by atoms with Crippen LogP contribution in [0.25, 0.3) is 11.1 Å². The molecule has 212 valence electrons. The van der Waals surface area contributed by atoms with E-state index in [-0.39, 0.29) is 52.8 Å². The zero-order valence-corrected chi connectivity index (χ0v) is 21.8. The lowest BCUT2D eigenvalue weighted by molar-refractivity contribution is -0.134. The van der Waals surface area contributed by atoms with Gasteiger partial charge in [0, 0.05) is 34.1 Å². The molecule has 3 unspecified atom stereocenters. The number of hydrogen-bond donors (Lipinski definition) is 1. The molecule has 41 heavy (non-hydrogen) atoms. The molecular formula is C28H20F5N3O4S. The van der Waals surface area contributed by atoms with Gasteiger partial charge in [-0.1, -0.05) is 24.3 Å². The summed E-state index contributed by atoms with van der Waals surface area (Å²) in [5, 5.41) is 12.3. The molecule has 2 aromatic heterocycles. The molecule has 13 heteroatoms. The number of thiophene rings is 1. The van der Waals surface area contributed by atoms with Crippen LogP contribution in [-0.2, 0) is 10.9 Å². The molecule has 1 N–H and O–H groups in total. The Morgan fingerprint density at radius 3 is 2.71 bits per heavy atom. The maximum Gasteiger partial charge on any atom is 0.425 e. The van der Waals surface area contributed by atoms with Crippen molar-refractivity contribution in [3.8, 4) is 5.75 Å². The summed E-state index contributed by atoms with van der Waals surface area (Å²) in [6.45, 7) is 0.335. The van der Waals surface area contributed by atoms with Crippen LogP contribution in [-0.4, -0.2) is 58.7 Å². The van der Waals surface area contributed by atoms with E-state index in [2.05, 4.69) is 0 Å². The van der Waals surface area contributed by atoms with Gasteiger partial charge >= 0.3 is 6.18 Å². The van der Waals surface area contributed by atoms with E-state index in [0.717, 1.165) is 18.2 Å². The smallest absolute Gasteiger partial charge is 0.425 e. The summed E-state index contributed by atoms with van der Waals surface area (Å²) < 4.78 is 79.5. The zero-order valence-electron chi connectivity index (χ0n) is 21.0. The minimum absolute atomic E-state index is 0.0128. The highest BCUT2D eigenvalue weighted by molar-refractivity contribution is 7.10. The fraction of sp³-hybridized carbons (Fsp3) is 0.286. The van der Waals surface area contributed by atoms with Crippen LogP contribution in [0.5, 0.6) is 5.75 Å². The molecule has 0 saturated carbocycles. The van der Waals surface area contributed by atoms with Crippen LogP contribution in [0, 0.1) is 0 Å². The lowest BCUT2D eigenvalue weighted by atomic mass is 9.83. The third kappa shape index (κ3) is 3.71. The maximum atomic E-state index is 15.9. The van der Waals surface area contributed by atoms with Gasteiger partial charge in [0.15, 0.2) is 17.6 Å². The number of aromatic hydroxyl groups is 1. The molecule has 0 radical (unpaired) electrons. The number of nitrogens with zero attached hydrogens (tertiary/aromatic N) is 3. The van der Waals surface area contributed by atoms with Gasteiger partial charge in [-0.25, -0.2) is 8.78 Å². The van der Waals surface area contributed by atoms with Gasteiger partial charge < -0.3 is 14.7 Å². The molecule has 0 bridgehead atoms. The number of ether oxygens (including phenoxy) is 1. The normalized spacial score (nSPS) is 25.3. The number of carbonyl (C=O) groups excluding carboxylic acids is 1. The lowest BCUT2D eigenvalue weighted by Gasteiger charge is -2.52. The zero-order chi connectivity index (χ0) is 28.8. The Labute approximate surface area is 232 Å². The average molecular weight is 590 g/mol. The summed E-state index contributed by atoms with van der Waals surface area (Å²) >= 11 is 0.473. The monoisotopic (exact) mass is 589 g/mol. The fourth-order valence-electron chi connectivity index (χ4n) is 6.15. The van der Waals surface area contributed by atoms with E-state index in [1.807, 2.05) is 0 Å². The minimum Gasteiger partial charge on any atom is -0.502 e. The first-order valence-electron chi connectivity index (χ1n) is 12.7. The molecule has 7 nitrogen and oxygen atoms in total. The van der Waals surface area contributed by atoms with E-state index >= 15 is 4.39 Å². The van der Waals surface area contributed by atoms with E-state index in [0.29, 0.717) is 22.5 Å². The van der Waals surface area contributed by atoms with Gasteiger partial charge in [-0.05, 0) is 35.3 Å². The number of pyridine rings is 1. The number of aromatic nitrogens is 1. The van der Waals surface area contributed by atoms with Crippen molar-refractivity contribution in [3.63, 3.8) is 0 Å². The summed E-state index contributed by atoms with van der Waals surface area (Å²) in [5.74, 6) is -2.52. The number of morpholine rings is 1. The van der Waals surface area contributed by atoms with Crippen LogP contribution < -0.4 is 20.2 Å². The van der Waals surface area contributed by atoms with Crippen molar-refractivity contribution in [3.05, 3.63) is 96.2 Å². The number of carbonyl (C=O) groups is 1. The summed E-state index contributed by atoms with van der Waals surface area (Å²) in [5.41, 5.74) is -0.130. The predicted octanol–water partition coefficient (Wildman–Crippen LogP) is 2.79. The van der Waals surface area contributed by atoms with Crippen LogP contribution in [0.3, 0.4) is 0 Å². The van der Waals surface area contributed by atoms with E-state index in [1.165, 1.54) is 21.8 Å². The molecule has 2 aromatic rings. The molecule has 2 aliphatic heterocycles. The van der Waals surface area contributed by atoms with Crippen LogP contribution in [0.1, 0.15) is 21.8 Å². The Bertz CT molecular complexity index is 1830. The van der Waals surface area contributed by atoms with Gasteiger partial charge in [0.25, 0.3) is 5.91 Å². The second kappa shape index (κ2) is 9.02. The average Bonchev–Trinajstić information content (AvgIpc) is 3.36. The highest BCUT2D eigenvalue weighted by Gasteiger charge is 2.48. The van der Waals surface area contributed by atoms with Crippen LogP contribution in [0.4, 0.5) is 22.0 Å². The highest BCUT2D eigenvalue weighted by atomic mass is 32.1. The third-order valence-electron chi connectivity index (χ3n) is 7.92. The number of hydrogen-bond acceptors (Lipinski definition) is 6. The van der Waals surface area contributed by atoms with E-state index in [4.69, 9.17) is 4.74 Å². The van der Waals surface area contributed by atoms with Crippen LogP contribution in [0.2, 0.25) is 0 Å². The molecule has 3 aliphatic carbocycles. The number of halogens is 5. The second-order valence-corrected chi connectivity index (χ2v) is 11.1. The predicted molar refractivity (Wildman–Crippen MR) is 139 cm³/mol. The first-order chi connectivity index (χ1) is 19.6. The van der Waals surface area contributed by atoms with Gasteiger partial charge in [-0.3, -0.25) is 19.3 Å². The molecule has 1 amide bonds. The van der Waals surface area contributed by atoms with E-state index in [1.54, 1.807) is 23.2 Å². The first kappa shape index (κ1) is 26.0. The molecule has 0 aromatic carbocycles. The van der Waals surface area contributed by atoms with Gasteiger partial charge in [-0.2, -0.15) is 13.2 Å².